The summed E-state index contributed by atoms with van der Waals surface area (Å²) in [6.45, 7) is 5.11. The van der Waals surface area contributed by atoms with Gasteiger partial charge in [0.15, 0.2) is 0 Å². The monoisotopic (exact) mass is 199 g/mol. The first-order valence-electron chi connectivity index (χ1n) is 4.36. The van der Waals surface area contributed by atoms with Gasteiger partial charge in [-0.05, 0) is 13.1 Å². The third kappa shape index (κ3) is 6.83. The van der Waals surface area contributed by atoms with Gasteiger partial charge in [0.05, 0.1) is 12.5 Å². The van der Waals surface area contributed by atoms with Crippen molar-refractivity contribution in [2.24, 2.45) is 0 Å². The van der Waals surface area contributed by atoms with E-state index in [1.165, 1.54) is 0 Å². The first-order chi connectivity index (χ1) is 5.89. The Balaban J connectivity index is 3.79. The summed E-state index contributed by atoms with van der Waals surface area (Å²) in [7, 11) is 0. The van der Waals surface area contributed by atoms with E-state index in [2.05, 4.69) is 0 Å². The van der Waals surface area contributed by atoms with Gasteiger partial charge in [0, 0.05) is 6.54 Å². The second-order valence-corrected chi connectivity index (χ2v) is 2.96. The Morgan fingerprint density at radius 2 is 1.69 bits per heavy atom. The summed E-state index contributed by atoms with van der Waals surface area (Å²) in [5.41, 5.74) is 0. The van der Waals surface area contributed by atoms with Crippen molar-refractivity contribution in [3.8, 4) is 0 Å². The minimum atomic E-state index is -4.27. The summed E-state index contributed by atoms with van der Waals surface area (Å²) in [5, 5.41) is 9.06. The molecule has 0 saturated heterocycles. The molecule has 80 valence electrons. The summed E-state index contributed by atoms with van der Waals surface area (Å²) in [4.78, 5) is 1.76. The zero-order chi connectivity index (χ0) is 10.5. The molecule has 0 radical (unpaired) electrons. The van der Waals surface area contributed by atoms with Crippen LogP contribution in [0.25, 0.3) is 0 Å². The molecule has 0 amide bonds. The predicted octanol–water partition coefficient (Wildman–Crippen LogP) is 1.64. The van der Waals surface area contributed by atoms with Crippen LogP contribution in [0.2, 0.25) is 0 Å². The van der Waals surface area contributed by atoms with E-state index in [1.807, 2.05) is 13.8 Å². The highest BCUT2D eigenvalue weighted by atomic mass is 19.4. The minimum Gasteiger partial charge on any atom is -0.391 e. The van der Waals surface area contributed by atoms with Crippen molar-refractivity contribution in [3.63, 3.8) is 0 Å². The highest BCUT2D eigenvalue weighted by molar-refractivity contribution is 4.66. The number of aliphatic hydroxyl groups excluding tert-OH is 1. The lowest BCUT2D eigenvalue weighted by Gasteiger charge is -2.22. The SMILES string of the molecule is CCN(CC)CC(O)CC(F)(F)F. The van der Waals surface area contributed by atoms with Gasteiger partial charge >= 0.3 is 6.18 Å². The molecule has 5 heteroatoms. The van der Waals surface area contributed by atoms with Crippen LogP contribution in [0.15, 0.2) is 0 Å². The molecule has 0 aromatic heterocycles. The molecule has 0 aliphatic carbocycles. The van der Waals surface area contributed by atoms with Gasteiger partial charge in [-0.25, -0.2) is 0 Å². The number of hydrogen-bond donors (Lipinski definition) is 1. The number of alkyl halides is 3. The van der Waals surface area contributed by atoms with Gasteiger partial charge in [0.25, 0.3) is 0 Å². The lowest BCUT2D eigenvalue weighted by atomic mass is 10.2. The number of rotatable bonds is 5. The second-order valence-electron chi connectivity index (χ2n) is 2.96. The summed E-state index contributed by atoms with van der Waals surface area (Å²) < 4.78 is 35.4. The third-order valence-corrected chi connectivity index (χ3v) is 1.83. The van der Waals surface area contributed by atoms with Crippen LogP contribution < -0.4 is 0 Å². The van der Waals surface area contributed by atoms with E-state index in [9.17, 15) is 13.2 Å². The van der Waals surface area contributed by atoms with Crippen LogP contribution in [-0.2, 0) is 0 Å². The molecule has 0 aliphatic heterocycles. The minimum absolute atomic E-state index is 0.0898. The van der Waals surface area contributed by atoms with E-state index in [4.69, 9.17) is 5.11 Å². The van der Waals surface area contributed by atoms with E-state index in [-0.39, 0.29) is 6.54 Å². The number of halogens is 3. The summed E-state index contributed by atoms with van der Waals surface area (Å²) in [6, 6.07) is 0. The van der Waals surface area contributed by atoms with Gasteiger partial charge in [-0.1, -0.05) is 13.8 Å². The summed E-state index contributed by atoms with van der Waals surface area (Å²) >= 11 is 0. The van der Waals surface area contributed by atoms with Crippen molar-refractivity contribution in [2.75, 3.05) is 19.6 Å². The smallest absolute Gasteiger partial charge is 0.391 e. The van der Waals surface area contributed by atoms with Crippen molar-refractivity contribution < 1.29 is 18.3 Å². The molecule has 0 heterocycles. The Morgan fingerprint density at radius 1 is 1.23 bits per heavy atom. The number of nitrogens with zero attached hydrogens (tertiary/aromatic N) is 1. The highest BCUT2D eigenvalue weighted by Gasteiger charge is 2.31. The van der Waals surface area contributed by atoms with Crippen LogP contribution in [0.4, 0.5) is 13.2 Å². The van der Waals surface area contributed by atoms with Crippen LogP contribution >= 0.6 is 0 Å². The van der Waals surface area contributed by atoms with Crippen LogP contribution in [0, 0.1) is 0 Å². The molecular weight excluding hydrogens is 183 g/mol. The van der Waals surface area contributed by atoms with Crippen LogP contribution in [0.3, 0.4) is 0 Å². The maximum absolute atomic E-state index is 11.8. The fraction of sp³-hybridized carbons (Fsp3) is 1.00. The maximum atomic E-state index is 11.8. The quantitative estimate of drug-likeness (QED) is 0.727. The molecule has 0 saturated carbocycles. The molecule has 13 heavy (non-hydrogen) atoms. The van der Waals surface area contributed by atoms with Gasteiger partial charge in [0.1, 0.15) is 0 Å². The standard InChI is InChI=1S/C8H16F3NO/c1-3-12(4-2)6-7(13)5-8(9,10)11/h7,13H,3-6H2,1-2H3. The maximum Gasteiger partial charge on any atom is 0.391 e. The predicted molar refractivity (Wildman–Crippen MR) is 44.5 cm³/mol. The molecule has 0 aromatic rings. The topological polar surface area (TPSA) is 23.5 Å². The molecule has 0 rings (SSSR count). The molecule has 2 nitrogen and oxygen atoms in total. The highest BCUT2D eigenvalue weighted by Crippen LogP contribution is 2.21. The lowest BCUT2D eigenvalue weighted by molar-refractivity contribution is -0.155. The van der Waals surface area contributed by atoms with Crippen LogP contribution in [0.5, 0.6) is 0 Å². The van der Waals surface area contributed by atoms with E-state index in [1.54, 1.807) is 4.90 Å². The van der Waals surface area contributed by atoms with E-state index >= 15 is 0 Å². The molecule has 0 aromatic carbocycles. The zero-order valence-electron chi connectivity index (χ0n) is 7.93. The van der Waals surface area contributed by atoms with Crippen molar-refractivity contribution in [2.45, 2.75) is 32.5 Å². The van der Waals surface area contributed by atoms with Crippen molar-refractivity contribution in [3.05, 3.63) is 0 Å². The van der Waals surface area contributed by atoms with Gasteiger partial charge in [0.2, 0.25) is 0 Å². The van der Waals surface area contributed by atoms with Crippen LogP contribution in [0.1, 0.15) is 20.3 Å². The Hall–Kier alpha value is -0.290. The molecule has 0 fully saturated rings. The van der Waals surface area contributed by atoms with Crippen molar-refractivity contribution >= 4 is 0 Å². The lowest BCUT2D eigenvalue weighted by Crippen LogP contribution is -2.34. The van der Waals surface area contributed by atoms with Gasteiger partial charge in [-0.2, -0.15) is 13.2 Å². The Labute approximate surface area is 76.3 Å². The Bertz CT molecular complexity index is 134. The molecule has 0 bridgehead atoms. The van der Waals surface area contributed by atoms with Crippen molar-refractivity contribution in [1.29, 1.82) is 0 Å². The molecule has 1 atom stereocenters. The third-order valence-electron chi connectivity index (χ3n) is 1.83. The van der Waals surface area contributed by atoms with E-state index in [0.29, 0.717) is 13.1 Å². The first-order valence-corrected chi connectivity index (χ1v) is 4.36. The first kappa shape index (κ1) is 12.7. The number of aliphatic hydroxyl groups is 1. The van der Waals surface area contributed by atoms with Crippen molar-refractivity contribution in [1.82, 2.24) is 4.90 Å². The number of hydrogen-bond acceptors (Lipinski definition) is 2. The molecule has 0 aliphatic rings. The van der Waals surface area contributed by atoms with Gasteiger partial charge in [-0.15, -0.1) is 0 Å². The van der Waals surface area contributed by atoms with Gasteiger partial charge in [-0.3, -0.25) is 0 Å². The summed E-state index contributed by atoms with van der Waals surface area (Å²) in [6.07, 6.45) is -6.70. The molecule has 1 N–H and O–H groups in total. The summed E-state index contributed by atoms with van der Waals surface area (Å²) in [5.74, 6) is 0. The fourth-order valence-corrected chi connectivity index (χ4v) is 1.11. The molecule has 1 unspecified atom stereocenters. The molecular formula is C8H16F3NO. The second kappa shape index (κ2) is 5.44. The Kier molecular flexibility index (Phi) is 5.32. The average molecular weight is 199 g/mol. The van der Waals surface area contributed by atoms with E-state index < -0.39 is 18.7 Å². The van der Waals surface area contributed by atoms with Gasteiger partial charge < -0.3 is 10.0 Å². The van der Waals surface area contributed by atoms with E-state index in [0.717, 1.165) is 0 Å². The molecule has 0 spiro atoms. The fourth-order valence-electron chi connectivity index (χ4n) is 1.11. The zero-order valence-corrected chi connectivity index (χ0v) is 7.93. The largest absolute Gasteiger partial charge is 0.391 e. The van der Waals surface area contributed by atoms with Crippen LogP contribution in [-0.4, -0.2) is 41.9 Å². The number of likely N-dealkylation sites (N-methyl/N-ethyl adjacent to an activating group) is 1. The average Bonchev–Trinajstić information content (AvgIpc) is 1.96. The Morgan fingerprint density at radius 3 is 2.00 bits per heavy atom. The normalized spacial score (nSPS) is 15.0.